The number of nitrogens with one attached hydrogen (secondary N) is 2. The number of nitrogens with zero attached hydrogens (tertiary/aromatic N) is 2. The van der Waals surface area contributed by atoms with Crippen molar-refractivity contribution in [3.05, 3.63) is 58.8 Å². The molecule has 1 heterocycles. The third-order valence-electron chi connectivity index (χ3n) is 5.50. The number of benzene rings is 2. The van der Waals surface area contributed by atoms with Gasteiger partial charge in [-0.25, -0.2) is 0 Å². The van der Waals surface area contributed by atoms with Gasteiger partial charge in [-0.1, -0.05) is 24.3 Å². The van der Waals surface area contributed by atoms with Crippen LogP contribution in [-0.4, -0.2) is 75.7 Å². The van der Waals surface area contributed by atoms with Crippen molar-refractivity contribution in [2.24, 2.45) is 0 Å². The SMILES string of the molecule is CN(C)CCNc1c2c(c(NCCN(C)C)c3occc13)C(=O)c1ccccc1C2=O. The third kappa shape index (κ3) is 3.82. The first kappa shape index (κ1) is 21.1. The summed E-state index contributed by atoms with van der Waals surface area (Å²) < 4.78 is 5.82. The van der Waals surface area contributed by atoms with E-state index in [0.717, 1.165) is 18.5 Å². The Balaban J connectivity index is 1.91. The van der Waals surface area contributed by atoms with Crippen molar-refractivity contribution in [3.8, 4) is 0 Å². The van der Waals surface area contributed by atoms with Crippen LogP contribution >= 0.6 is 0 Å². The molecule has 31 heavy (non-hydrogen) atoms. The molecule has 0 spiro atoms. The van der Waals surface area contributed by atoms with E-state index in [1.54, 1.807) is 30.5 Å². The number of hydrogen-bond donors (Lipinski definition) is 2. The molecular formula is C24H28N4O3. The molecule has 2 aromatic carbocycles. The van der Waals surface area contributed by atoms with E-state index in [1.165, 1.54) is 0 Å². The highest BCUT2D eigenvalue weighted by Crippen LogP contribution is 2.43. The number of furan rings is 1. The van der Waals surface area contributed by atoms with Gasteiger partial charge >= 0.3 is 0 Å². The molecule has 1 aliphatic rings. The molecule has 7 nitrogen and oxygen atoms in total. The maximum absolute atomic E-state index is 13.6. The zero-order valence-electron chi connectivity index (χ0n) is 18.4. The van der Waals surface area contributed by atoms with Gasteiger partial charge in [0.1, 0.15) is 0 Å². The zero-order chi connectivity index (χ0) is 22.1. The predicted molar refractivity (Wildman–Crippen MR) is 124 cm³/mol. The molecule has 0 fully saturated rings. The number of carbonyl (C=O) groups excluding carboxylic acids is 2. The molecule has 0 saturated carbocycles. The highest BCUT2D eigenvalue weighted by Gasteiger charge is 2.36. The summed E-state index contributed by atoms with van der Waals surface area (Å²) in [7, 11) is 7.96. The van der Waals surface area contributed by atoms with Crippen molar-refractivity contribution >= 4 is 33.9 Å². The molecule has 0 amide bonds. The summed E-state index contributed by atoms with van der Waals surface area (Å²) in [6.07, 6.45) is 1.60. The topological polar surface area (TPSA) is 77.8 Å². The van der Waals surface area contributed by atoms with E-state index in [2.05, 4.69) is 20.4 Å². The van der Waals surface area contributed by atoms with E-state index in [1.807, 2.05) is 34.3 Å². The second kappa shape index (κ2) is 8.53. The highest BCUT2D eigenvalue weighted by atomic mass is 16.3. The fraction of sp³-hybridized carbons (Fsp3) is 0.333. The first-order chi connectivity index (χ1) is 14.9. The molecule has 0 unspecified atom stereocenters. The normalized spacial score (nSPS) is 13.1. The zero-order valence-corrected chi connectivity index (χ0v) is 18.4. The Morgan fingerprint density at radius 3 is 1.84 bits per heavy atom. The Morgan fingerprint density at radius 1 is 0.774 bits per heavy atom. The molecule has 2 N–H and O–H groups in total. The quantitative estimate of drug-likeness (QED) is 0.424. The number of anilines is 2. The number of ketones is 2. The van der Waals surface area contributed by atoms with Gasteiger partial charge in [0.2, 0.25) is 0 Å². The van der Waals surface area contributed by atoms with E-state index >= 15 is 0 Å². The average Bonchev–Trinajstić information content (AvgIpc) is 3.22. The van der Waals surface area contributed by atoms with Crippen LogP contribution < -0.4 is 10.6 Å². The van der Waals surface area contributed by atoms with Crippen LogP contribution in [0.3, 0.4) is 0 Å². The second-order valence-electron chi connectivity index (χ2n) is 8.33. The minimum Gasteiger partial charge on any atom is -0.462 e. The van der Waals surface area contributed by atoms with Crippen molar-refractivity contribution in [2.75, 3.05) is 65.0 Å². The standard InChI is InChI=1S/C24H28N4O3/c1-27(2)12-10-25-20-17-9-14-31-24(17)21(26-11-13-28(3)4)19-18(20)22(29)15-7-5-6-8-16(15)23(19)30/h5-9,14,25-26H,10-13H2,1-4H3. The van der Waals surface area contributed by atoms with Gasteiger partial charge in [0, 0.05) is 42.7 Å². The molecule has 1 aromatic heterocycles. The van der Waals surface area contributed by atoms with Crippen LogP contribution in [0.4, 0.5) is 11.4 Å². The van der Waals surface area contributed by atoms with Crippen LogP contribution in [0, 0.1) is 0 Å². The van der Waals surface area contributed by atoms with Crippen LogP contribution in [0.2, 0.25) is 0 Å². The average molecular weight is 421 g/mol. The van der Waals surface area contributed by atoms with E-state index in [-0.39, 0.29) is 11.6 Å². The lowest BCUT2D eigenvalue weighted by Crippen LogP contribution is -2.27. The van der Waals surface area contributed by atoms with Crippen LogP contribution in [0.5, 0.6) is 0 Å². The van der Waals surface area contributed by atoms with Crippen molar-refractivity contribution in [3.63, 3.8) is 0 Å². The van der Waals surface area contributed by atoms with Crippen LogP contribution in [0.1, 0.15) is 31.8 Å². The van der Waals surface area contributed by atoms with Gasteiger partial charge in [-0.15, -0.1) is 0 Å². The lowest BCUT2D eigenvalue weighted by molar-refractivity contribution is 0.0980. The summed E-state index contributed by atoms with van der Waals surface area (Å²) >= 11 is 0. The summed E-state index contributed by atoms with van der Waals surface area (Å²) in [4.78, 5) is 31.3. The van der Waals surface area contributed by atoms with Gasteiger partial charge in [0.25, 0.3) is 0 Å². The van der Waals surface area contributed by atoms with Gasteiger partial charge in [0.15, 0.2) is 17.1 Å². The summed E-state index contributed by atoms with van der Waals surface area (Å²) in [6, 6.07) is 8.87. The summed E-state index contributed by atoms with van der Waals surface area (Å²) in [5, 5.41) is 7.57. The molecule has 4 rings (SSSR count). The summed E-state index contributed by atoms with van der Waals surface area (Å²) in [5.74, 6) is -0.303. The molecule has 1 aliphatic carbocycles. The Morgan fingerprint density at radius 2 is 1.29 bits per heavy atom. The monoisotopic (exact) mass is 420 g/mol. The van der Waals surface area contributed by atoms with E-state index < -0.39 is 0 Å². The van der Waals surface area contributed by atoms with E-state index in [4.69, 9.17) is 4.42 Å². The first-order valence-electron chi connectivity index (χ1n) is 10.4. The highest BCUT2D eigenvalue weighted by molar-refractivity contribution is 6.34. The number of carbonyl (C=O) groups is 2. The molecule has 162 valence electrons. The van der Waals surface area contributed by atoms with Gasteiger partial charge in [0.05, 0.1) is 28.8 Å². The van der Waals surface area contributed by atoms with Crippen molar-refractivity contribution in [1.29, 1.82) is 0 Å². The van der Waals surface area contributed by atoms with Crippen molar-refractivity contribution in [2.45, 2.75) is 0 Å². The van der Waals surface area contributed by atoms with E-state index in [9.17, 15) is 9.59 Å². The van der Waals surface area contributed by atoms with Gasteiger partial charge in [-0.3, -0.25) is 9.59 Å². The molecule has 0 atom stereocenters. The second-order valence-corrected chi connectivity index (χ2v) is 8.33. The maximum atomic E-state index is 13.6. The Hall–Kier alpha value is -3.16. The Labute approximate surface area is 182 Å². The van der Waals surface area contributed by atoms with Crippen LogP contribution in [0.25, 0.3) is 11.0 Å². The minimum atomic E-state index is -0.161. The van der Waals surface area contributed by atoms with E-state index in [0.29, 0.717) is 52.3 Å². The molecule has 0 radical (unpaired) electrons. The van der Waals surface area contributed by atoms with Crippen molar-refractivity contribution < 1.29 is 14.0 Å². The molecule has 0 saturated heterocycles. The van der Waals surface area contributed by atoms with Gasteiger partial charge in [-0.2, -0.15) is 0 Å². The van der Waals surface area contributed by atoms with Crippen LogP contribution in [-0.2, 0) is 0 Å². The van der Waals surface area contributed by atoms with Gasteiger partial charge in [-0.05, 0) is 34.3 Å². The molecule has 0 bridgehead atoms. The maximum Gasteiger partial charge on any atom is 0.196 e. The number of fused-ring (bicyclic) bond motifs is 3. The largest absolute Gasteiger partial charge is 0.462 e. The Kier molecular flexibility index (Phi) is 5.80. The lowest BCUT2D eigenvalue weighted by Gasteiger charge is -2.25. The summed E-state index contributed by atoms with van der Waals surface area (Å²) in [5.41, 5.74) is 3.51. The third-order valence-corrected chi connectivity index (χ3v) is 5.50. The van der Waals surface area contributed by atoms with Crippen molar-refractivity contribution in [1.82, 2.24) is 9.80 Å². The fourth-order valence-corrected chi connectivity index (χ4v) is 3.96. The van der Waals surface area contributed by atoms with Gasteiger partial charge < -0.3 is 24.9 Å². The predicted octanol–water partition coefficient (Wildman–Crippen LogP) is 3.16. The smallest absolute Gasteiger partial charge is 0.196 e. The molecular weight excluding hydrogens is 392 g/mol. The number of rotatable bonds is 8. The number of hydrogen-bond acceptors (Lipinski definition) is 7. The minimum absolute atomic E-state index is 0.142. The van der Waals surface area contributed by atoms with Crippen LogP contribution in [0.15, 0.2) is 41.0 Å². The Bertz CT molecular complexity index is 1060. The molecule has 7 heteroatoms. The number of likely N-dealkylation sites (N-methyl/N-ethyl adjacent to an activating group) is 2. The lowest BCUT2D eigenvalue weighted by atomic mass is 9.81. The summed E-state index contributed by atoms with van der Waals surface area (Å²) in [6.45, 7) is 2.82. The molecule has 3 aromatic rings. The fourth-order valence-electron chi connectivity index (χ4n) is 3.96. The molecule has 0 aliphatic heterocycles. The first-order valence-corrected chi connectivity index (χ1v) is 10.4.